The quantitative estimate of drug-likeness (QED) is 0.168. The van der Waals surface area contributed by atoms with Gasteiger partial charge >= 0.3 is 0 Å². The summed E-state index contributed by atoms with van der Waals surface area (Å²) in [5.41, 5.74) is 18.1. The Balaban J connectivity index is 1.10. The molecule has 1 heterocycles. The van der Waals surface area contributed by atoms with Gasteiger partial charge in [-0.05, 0) is 133 Å². The predicted octanol–water partition coefficient (Wildman–Crippen LogP) is 16.7. The summed E-state index contributed by atoms with van der Waals surface area (Å²) >= 11 is 1.88. The van der Waals surface area contributed by atoms with E-state index in [1.807, 2.05) is 11.3 Å². The Kier molecular flexibility index (Phi) is 7.84. The van der Waals surface area contributed by atoms with E-state index in [4.69, 9.17) is 0 Å². The van der Waals surface area contributed by atoms with Crippen molar-refractivity contribution in [1.29, 1.82) is 0 Å². The average molecular weight is 798 g/mol. The van der Waals surface area contributed by atoms with Gasteiger partial charge in [0.2, 0.25) is 0 Å². The van der Waals surface area contributed by atoms with Crippen molar-refractivity contribution in [3.8, 4) is 33.4 Å². The molecule has 0 radical (unpaired) electrons. The van der Waals surface area contributed by atoms with Crippen LogP contribution in [0.4, 0.5) is 17.1 Å². The second kappa shape index (κ2) is 13.6. The third-order valence-corrected chi connectivity index (χ3v) is 15.4. The zero-order chi connectivity index (χ0) is 40.1. The molecule has 0 amide bonds. The Morgan fingerprint density at radius 3 is 1.87 bits per heavy atom. The van der Waals surface area contributed by atoms with Crippen molar-refractivity contribution >= 4 is 59.3 Å². The maximum atomic E-state index is 2.57. The molecule has 1 spiro atoms. The maximum absolute atomic E-state index is 2.57. The van der Waals surface area contributed by atoms with E-state index >= 15 is 0 Å². The summed E-state index contributed by atoms with van der Waals surface area (Å²) in [7, 11) is 0. The Morgan fingerprint density at radius 1 is 0.426 bits per heavy atom. The number of thiophene rings is 1. The van der Waals surface area contributed by atoms with Crippen LogP contribution in [0.1, 0.15) is 65.8 Å². The smallest absolute Gasteiger partial charge is 0.0729 e. The zero-order valence-electron chi connectivity index (χ0n) is 33.9. The molecule has 10 aromatic rings. The van der Waals surface area contributed by atoms with E-state index in [9.17, 15) is 0 Å². The van der Waals surface area contributed by atoms with Crippen LogP contribution in [-0.2, 0) is 5.41 Å². The van der Waals surface area contributed by atoms with Gasteiger partial charge in [0.05, 0.1) is 5.41 Å². The fraction of sp³-hybridized carbons (Fsp3) is 0.119. The molecule has 0 N–H and O–H groups in total. The largest absolute Gasteiger partial charge is 0.310 e. The molecule has 290 valence electrons. The molecule has 0 bridgehead atoms. The molecule has 1 nitrogen and oxygen atoms in total. The van der Waals surface area contributed by atoms with Crippen LogP contribution in [0.15, 0.2) is 194 Å². The van der Waals surface area contributed by atoms with Gasteiger partial charge in [-0.1, -0.05) is 171 Å². The number of rotatable bonds is 5. The summed E-state index contributed by atoms with van der Waals surface area (Å²) in [6, 6.07) is 73.8. The van der Waals surface area contributed by atoms with Gasteiger partial charge < -0.3 is 4.90 Å². The maximum Gasteiger partial charge on any atom is 0.0729 e. The van der Waals surface area contributed by atoms with Gasteiger partial charge in [0.1, 0.15) is 0 Å². The molecule has 3 aliphatic carbocycles. The highest BCUT2D eigenvalue weighted by Gasteiger charge is 2.51. The molecule has 1 atom stereocenters. The minimum absolute atomic E-state index is 0.489. The summed E-state index contributed by atoms with van der Waals surface area (Å²) < 4.78 is 2.63. The Morgan fingerprint density at radius 2 is 1.05 bits per heavy atom. The van der Waals surface area contributed by atoms with Crippen molar-refractivity contribution in [1.82, 2.24) is 0 Å². The van der Waals surface area contributed by atoms with Crippen LogP contribution < -0.4 is 4.90 Å². The fourth-order valence-electron chi connectivity index (χ4n) is 11.7. The van der Waals surface area contributed by atoms with Gasteiger partial charge in [0, 0.05) is 37.2 Å². The van der Waals surface area contributed by atoms with Crippen molar-refractivity contribution in [3.05, 3.63) is 222 Å². The van der Waals surface area contributed by atoms with Crippen LogP contribution in [0.3, 0.4) is 0 Å². The van der Waals surface area contributed by atoms with Crippen LogP contribution in [0.2, 0.25) is 0 Å². The molecule has 9 aromatic carbocycles. The van der Waals surface area contributed by atoms with Gasteiger partial charge in [0.25, 0.3) is 0 Å². The van der Waals surface area contributed by atoms with Crippen molar-refractivity contribution in [3.63, 3.8) is 0 Å². The van der Waals surface area contributed by atoms with Gasteiger partial charge in [-0.15, -0.1) is 11.3 Å². The number of nitrogens with zero attached hydrogens (tertiary/aromatic N) is 1. The summed E-state index contributed by atoms with van der Waals surface area (Å²) in [6.45, 7) is 0. The monoisotopic (exact) mass is 797 g/mol. The van der Waals surface area contributed by atoms with Gasteiger partial charge in [-0.3, -0.25) is 0 Å². The van der Waals surface area contributed by atoms with E-state index in [0.29, 0.717) is 5.92 Å². The first-order valence-electron chi connectivity index (χ1n) is 22.0. The normalized spacial score (nSPS) is 16.5. The van der Waals surface area contributed by atoms with Crippen molar-refractivity contribution < 1.29 is 0 Å². The molecule has 0 saturated heterocycles. The number of hydrogen-bond donors (Lipinski definition) is 0. The predicted molar refractivity (Wildman–Crippen MR) is 259 cm³/mol. The molecule has 0 aliphatic heterocycles. The van der Waals surface area contributed by atoms with Crippen LogP contribution in [0.5, 0.6) is 0 Å². The summed E-state index contributed by atoms with van der Waals surface area (Å²) in [5, 5.41) is 5.40. The lowest BCUT2D eigenvalue weighted by molar-refractivity contribution is 0.440. The highest BCUT2D eigenvalue weighted by molar-refractivity contribution is 7.25. The van der Waals surface area contributed by atoms with E-state index in [2.05, 4.69) is 199 Å². The lowest BCUT2D eigenvalue weighted by Gasteiger charge is -2.43. The molecule has 1 unspecified atom stereocenters. The standard InChI is InChI=1S/C59H43NS/c1-3-14-38(15-4-1)39-26-29-42(30-27-39)60(44-32-35-50-49-21-9-12-25-55(49)61-56(50)37-44)43-31-34-48-46-19-7-10-23-52(46)59(54(48)36-43)53-24-11-8-20-47(53)51-22-13-18-41-28-33-45(58(59)57(41)51)40-16-5-2-6-17-40/h1,3-4,7-15,18-37,40H,2,5-6,16-17H2. The molecule has 3 aliphatic rings. The van der Waals surface area contributed by atoms with Crippen molar-refractivity contribution in [2.45, 2.75) is 43.4 Å². The molecular weight excluding hydrogens is 755 g/mol. The van der Waals surface area contributed by atoms with Gasteiger partial charge in [-0.2, -0.15) is 0 Å². The van der Waals surface area contributed by atoms with Crippen molar-refractivity contribution in [2.24, 2.45) is 0 Å². The number of fused-ring (bicyclic) bond motifs is 12. The Hall–Kier alpha value is -6.74. The van der Waals surface area contributed by atoms with E-state index < -0.39 is 5.41 Å². The van der Waals surface area contributed by atoms with Crippen molar-refractivity contribution in [2.75, 3.05) is 4.90 Å². The topological polar surface area (TPSA) is 3.24 Å². The second-order valence-electron chi connectivity index (χ2n) is 17.4. The summed E-state index contributed by atoms with van der Waals surface area (Å²) in [5.74, 6) is 0.537. The van der Waals surface area contributed by atoms with E-state index in [1.54, 1.807) is 5.56 Å². The number of anilines is 3. The van der Waals surface area contributed by atoms with E-state index in [1.165, 1.54) is 124 Å². The highest BCUT2D eigenvalue weighted by Crippen LogP contribution is 2.64. The molecule has 2 heteroatoms. The number of benzene rings is 9. The molecule has 1 aromatic heterocycles. The van der Waals surface area contributed by atoms with Crippen LogP contribution in [-0.4, -0.2) is 0 Å². The fourth-order valence-corrected chi connectivity index (χ4v) is 12.8. The Bertz CT molecular complexity index is 3350. The molecule has 61 heavy (non-hydrogen) atoms. The first kappa shape index (κ1) is 35.1. The summed E-state index contributed by atoms with van der Waals surface area (Å²) in [4.78, 5) is 2.50. The third kappa shape index (κ3) is 5.12. The molecule has 1 fully saturated rings. The Labute approximate surface area is 361 Å². The SMILES string of the molecule is c1ccc(-c2ccc(N(c3ccc4c(c3)C3(c5ccccc5-4)c4ccccc4-c4cccc5ccc(C6CCCCC6)c3c45)c3ccc4c(c3)sc3ccccc34)cc2)cc1. The minimum Gasteiger partial charge on any atom is -0.310 e. The molecule has 13 rings (SSSR count). The van der Waals surface area contributed by atoms with Crippen LogP contribution in [0, 0.1) is 0 Å². The lowest BCUT2D eigenvalue weighted by atomic mass is 9.59. The average Bonchev–Trinajstić information content (AvgIpc) is 3.84. The molecule has 1 saturated carbocycles. The first-order valence-corrected chi connectivity index (χ1v) is 22.8. The molecular formula is C59H43NS. The second-order valence-corrected chi connectivity index (χ2v) is 18.5. The third-order valence-electron chi connectivity index (χ3n) is 14.3. The van der Waals surface area contributed by atoms with E-state index in [-0.39, 0.29) is 0 Å². The minimum atomic E-state index is -0.489. The number of hydrogen-bond acceptors (Lipinski definition) is 2. The van der Waals surface area contributed by atoms with Gasteiger partial charge in [-0.25, -0.2) is 0 Å². The van der Waals surface area contributed by atoms with E-state index in [0.717, 1.165) is 11.4 Å². The highest BCUT2D eigenvalue weighted by atomic mass is 32.1. The lowest BCUT2D eigenvalue weighted by Crippen LogP contribution is -2.34. The van der Waals surface area contributed by atoms with Crippen LogP contribution >= 0.6 is 11.3 Å². The van der Waals surface area contributed by atoms with Gasteiger partial charge in [0.15, 0.2) is 0 Å². The zero-order valence-corrected chi connectivity index (χ0v) is 34.8. The van der Waals surface area contributed by atoms with Crippen LogP contribution in [0.25, 0.3) is 64.3 Å². The summed E-state index contributed by atoms with van der Waals surface area (Å²) in [6.07, 6.45) is 6.43. The first-order chi connectivity index (χ1) is 30.3.